The molecule has 74 valence electrons. The van der Waals surface area contributed by atoms with Crippen LogP contribution in [-0.4, -0.2) is 20.5 Å². The van der Waals surface area contributed by atoms with Gasteiger partial charge in [0, 0.05) is 11.8 Å². The maximum Gasteiger partial charge on any atom is 0.250 e. The summed E-state index contributed by atoms with van der Waals surface area (Å²) in [6, 6.07) is 0. The highest BCUT2D eigenvalue weighted by Crippen LogP contribution is 2.15. The van der Waals surface area contributed by atoms with E-state index < -0.39 is 0 Å². The molecule has 0 atom stereocenters. The Labute approximate surface area is 84.8 Å². The first-order chi connectivity index (χ1) is 6.70. The first kappa shape index (κ1) is 9.14. The summed E-state index contributed by atoms with van der Waals surface area (Å²) in [5.41, 5.74) is 1.02. The largest absolute Gasteiger partial charge is 0.293 e. The minimum atomic E-state index is -0.0686. The summed E-state index contributed by atoms with van der Waals surface area (Å²) in [5.74, 6) is 0.313. The molecule has 0 spiro atoms. The number of thiazole rings is 1. The smallest absolute Gasteiger partial charge is 0.250 e. The fourth-order valence-corrected chi connectivity index (χ4v) is 1.86. The van der Waals surface area contributed by atoms with E-state index >= 15 is 0 Å². The van der Waals surface area contributed by atoms with Gasteiger partial charge in [0.15, 0.2) is 0 Å². The monoisotopic (exact) mass is 210 g/mol. The molecular weight excluding hydrogens is 200 g/mol. The van der Waals surface area contributed by atoms with Crippen LogP contribution in [0.4, 0.5) is 5.95 Å². The van der Waals surface area contributed by atoms with Crippen molar-refractivity contribution in [1.82, 2.24) is 14.6 Å². The van der Waals surface area contributed by atoms with Gasteiger partial charge < -0.3 is 0 Å². The molecule has 2 aromatic heterocycles. The molecule has 0 aliphatic heterocycles. The molecule has 1 amide bonds. The van der Waals surface area contributed by atoms with Gasteiger partial charge in [-0.15, -0.1) is 16.4 Å². The van der Waals surface area contributed by atoms with Crippen molar-refractivity contribution in [2.24, 2.45) is 0 Å². The van der Waals surface area contributed by atoms with Gasteiger partial charge >= 0.3 is 0 Å². The Kier molecular flexibility index (Phi) is 2.20. The number of nitrogens with one attached hydrogen (secondary N) is 1. The Balaban J connectivity index is 2.31. The third-order valence-electron chi connectivity index (χ3n) is 1.82. The van der Waals surface area contributed by atoms with Crippen LogP contribution in [0, 0.1) is 6.92 Å². The molecular formula is C8H10N4OS. The van der Waals surface area contributed by atoms with Crippen LogP contribution in [0.15, 0.2) is 5.38 Å². The third-order valence-corrected chi connectivity index (χ3v) is 2.75. The van der Waals surface area contributed by atoms with Crippen molar-refractivity contribution in [1.29, 1.82) is 0 Å². The normalized spacial score (nSPS) is 10.7. The lowest BCUT2D eigenvalue weighted by Crippen LogP contribution is -2.10. The van der Waals surface area contributed by atoms with Crippen LogP contribution in [0.1, 0.15) is 19.0 Å². The third kappa shape index (κ3) is 1.48. The molecule has 2 aromatic rings. The van der Waals surface area contributed by atoms with Gasteiger partial charge in [0.25, 0.3) is 0 Å². The molecule has 1 N–H and O–H groups in total. The van der Waals surface area contributed by atoms with E-state index in [2.05, 4.69) is 15.4 Å². The van der Waals surface area contributed by atoms with Crippen molar-refractivity contribution >= 4 is 28.2 Å². The van der Waals surface area contributed by atoms with Crippen LogP contribution in [0.5, 0.6) is 0 Å². The van der Waals surface area contributed by atoms with E-state index in [9.17, 15) is 4.79 Å². The lowest BCUT2D eigenvalue weighted by Gasteiger charge is -1.94. The maximum absolute atomic E-state index is 11.1. The predicted molar refractivity (Wildman–Crippen MR) is 54.5 cm³/mol. The van der Waals surface area contributed by atoms with Crippen molar-refractivity contribution in [2.45, 2.75) is 20.3 Å². The number of aryl methyl sites for hydroxylation is 1. The van der Waals surface area contributed by atoms with Crippen LogP contribution in [0.25, 0.3) is 4.96 Å². The zero-order valence-corrected chi connectivity index (χ0v) is 8.76. The van der Waals surface area contributed by atoms with Gasteiger partial charge in [-0.2, -0.15) is 4.98 Å². The van der Waals surface area contributed by atoms with Gasteiger partial charge in [0.05, 0.1) is 5.69 Å². The lowest BCUT2D eigenvalue weighted by atomic mass is 10.5. The molecule has 5 nitrogen and oxygen atoms in total. The second-order valence-corrected chi connectivity index (χ2v) is 3.75. The zero-order valence-electron chi connectivity index (χ0n) is 7.94. The first-order valence-corrected chi connectivity index (χ1v) is 5.19. The number of anilines is 1. The number of rotatable bonds is 2. The maximum atomic E-state index is 11.1. The van der Waals surface area contributed by atoms with Crippen molar-refractivity contribution in [2.75, 3.05) is 5.32 Å². The van der Waals surface area contributed by atoms with Gasteiger partial charge in [-0.25, -0.2) is 4.52 Å². The van der Waals surface area contributed by atoms with E-state index in [-0.39, 0.29) is 5.91 Å². The molecule has 0 saturated carbocycles. The molecule has 6 heteroatoms. The second-order valence-electron chi connectivity index (χ2n) is 2.91. The van der Waals surface area contributed by atoms with Crippen LogP contribution in [0.2, 0.25) is 0 Å². The molecule has 0 saturated heterocycles. The molecule has 14 heavy (non-hydrogen) atoms. The highest BCUT2D eigenvalue weighted by molar-refractivity contribution is 7.15. The molecule has 2 heterocycles. The average molecular weight is 210 g/mol. The highest BCUT2D eigenvalue weighted by atomic mass is 32.1. The Morgan fingerprint density at radius 3 is 3.14 bits per heavy atom. The number of amides is 1. The number of aromatic nitrogens is 3. The van der Waals surface area contributed by atoms with Gasteiger partial charge in [-0.1, -0.05) is 6.92 Å². The molecule has 2 rings (SSSR count). The zero-order chi connectivity index (χ0) is 10.1. The van der Waals surface area contributed by atoms with Crippen LogP contribution in [-0.2, 0) is 4.79 Å². The second kappa shape index (κ2) is 3.38. The minimum Gasteiger partial charge on any atom is -0.293 e. The van der Waals surface area contributed by atoms with E-state index in [4.69, 9.17) is 0 Å². The highest BCUT2D eigenvalue weighted by Gasteiger charge is 2.08. The van der Waals surface area contributed by atoms with Crippen LogP contribution < -0.4 is 5.32 Å². The molecule has 0 unspecified atom stereocenters. The summed E-state index contributed by atoms with van der Waals surface area (Å²) in [7, 11) is 0. The van der Waals surface area contributed by atoms with E-state index in [1.165, 1.54) is 11.3 Å². The van der Waals surface area contributed by atoms with Gasteiger partial charge in [-0.3, -0.25) is 10.1 Å². The fourth-order valence-electron chi connectivity index (χ4n) is 1.06. The number of carbonyl (C=O) groups is 1. The van der Waals surface area contributed by atoms with E-state index in [0.29, 0.717) is 12.4 Å². The molecule has 0 aliphatic rings. The van der Waals surface area contributed by atoms with Crippen LogP contribution in [0.3, 0.4) is 0 Å². The average Bonchev–Trinajstić information content (AvgIpc) is 2.69. The molecule has 0 aromatic carbocycles. The number of fused-ring (bicyclic) bond motifs is 1. The SMILES string of the molecule is CCC(=O)Nc1nc2scc(C)n2n1. The van der Waals surface area contributed by atoms with Gasteiger partial charge in [0.1, 0.15) is 0 Å². The number of nitrogens with zero attached hydrogens (tertiary/aromatic N) is 3. The summed E-state index contributed by atoms with van der Waals surface area (Å²) >= 11 is 1.51. The molecule has 0 fully saturated rings. The van der Waals surface area contributed by atoms with Crippen molar-refractivity contribution in [3.8, 4) is 0 Å². The summed E-state index contributed by atoms with van der Waals surface area (Å²) in [6.07, 6.45) is 0.436. The molecule has 0 radical (unpaired) electrons. The summed E-state index contributed by atoms with van der Waals surface area (Å²) in [6.45, 7) is 3.74. The van der Waals surface area contributed by atoms with Crippen molar-refractivity contribution in [3.05, 3.63) is 11.1 Å². The quantitative estimate of drug-likeness (QED) is 0.816. The Bertz CT molecular complexity index is 473. The molecule has 0 bridgehead atoms. The molecule has 0 aliphatic carbocycles. The van der Waals surface area contributed by atoms with E-state index in [1.807, 2.05) is 12.3 Å². The predicted octanol–water partition coefficient (Wildman–Crippen LogP) is 1.45. The Hall–Kier alpha value is -1.43. The summed E-state index contributed by atoms with van der Waals surface area (Å²) < 4.78 is 1.72. The Morgan fingerprint density at radius 2 is 2.50 bits per heavy atom. The summed E-state index contributed by atoms with van der Waals surface area (Å²) in [5, 5.41) is 8.74. The fraction of sp³-hybridized carbons (Fsp3) is 0.375. The van der Waals surface area contributed by atoms with Crippen molar-refractivity contribution in [3.63, 3.8) is 0 Å². The first-order valence-electron chi connectivity index (χ1n) is 4.31. The van der Waals surface area contributed by atoms with E-state index in [0.717, 1.165) is 10.7 Å². The minimum absolute atomic E-state index is 0.0686. The van der Waals surface area contributed by atoms with Gasteiger partial charge in [0.2, 0.25) is 16.8 Å². The standard InChI is InChI=1S/C8H10N4OS/c1-3-6(13)9-7-10-8-12(11-7)5(2)4-14-8/h4H,3H2,1-2H3,(H,9,11,13). The summed E-state index contributed by atoms with van der Waals surface area (Å²) in [4.78, 5) is 16.0. The van der Waals surface area contributed by atoms with Crippen molar-refractivity contribution < 1.29 is 4.79 Å². The number of carbonyl (C=O) groups excluding carboxylic acids is 1. The van der Waals surface area contributed by atoms with E-state index in [1.54, 1.807) is 11.4 Å². The lowest BCUT2D eigenvalue weighted by molar-refractivity contribution is -0.115. The van der Waals surface area contributed by atoms with Crippen LogP contribution >= 0.6 is 11.3 Å². The Morgan fingerprint density at radius 1 is 1.71 bits per heavy atom. The topological polar surface area (TPSA) is 59.3 Å². The number of hydrogen-bond acceptors (Lipinski definition) is 4. The van der Waals surface area contributed by atoms with Gasteiger partial charge in [-0.05, 0) is 6.92 Å². The number of hydrogen-bond donors (Lipinski definition) is 1.